The van der Waals surface area contributed by atoms with Gasteiger partial charge in [-0.25, -0.2) is 0 Å². The number of dihydropyridines is 1. The predicted molar refractivity (Wildman–Crippen MR) is 65.9 cm³/mol. The van der Waals surface area contributed by atoms with Gasteiger partial charge in [0.15, 0.2) is 0 Å². The van der Waals surface area contributed by atoms with E-state index in [4.69, 9.17) is 16.3 Å². The van der Waals surface area contributed by atoms with Crippen molar-refractivity contribution in [2.75, 3.05) is 6.54 Å². The van der Waals surface area contributed by atoms with Crippen molar-refractivity contribution in [3.8, 4) is 5.75 Å². The second-order valence-electron chi connectivity index (χ2n) is 3.75. The van der Waals surface area contributed by atoms with E-state index in [9.17, 15) is 4.79 Å². The van der Waals surface area contributed by atoms with Gasteiger partial charge in [0.05, 0.1) is 12.1 Å². The number of ketones is 1. The fourth-order valence-corrected chi connectivity index (χ4v) is 1.99. The molecule has 0 bridgehead atoms. The number of nitrogens with zero attached hydrogens (tertiary/aromatic N) is 1. The molecule has 0 atom stereocenters. The van der Waals surface area contributed by atoms with Crippen molar-refractivity contribution in [2.45, 2.75) is 0 Å². The molecule has 0 amide bonds. The standard InChI is InChI=1S/C13H8ClNO2/c14-9-3-4-10-11(6-9)17-7-8-2-1-5-15-12(8)13(10)16/h1-4,6-7H,5H2. The second-order valence-corrected chi connectivity index (χ2v) is 4.19. The number of ether oxygens (including phenoxy) is 1. The van der Waals surface area contributed by atoms with Crippen molar-refractivity contribution < 1.29 is 9.53 Å². The summed E-state index contributed by atoms with van der Waals surface area (Å²) in [4.78, 5) is 16.5. The van der Waals surface area contributed by atoms with Crippen LogP contribution in [0.1, 0.15) is 10.4 Å². The Labute approximate surface area is 103 Å². The lowest BCUT2D eigenvalue weighted by Crippen LogP contribution is -2.17. The molecule has 2 aliphatic rings. The highest BCUT2D eigenvalue weighted by Crippen LogP contribution is 2.28. The smallest absolute Gasteiger partial charge is 0.215 e. The van der Waals surface area contributed by atoms with Gasteiger partial charge >= 0.3 is 0 Å². The third-order valence-corrected chi connectivity index (χ3v) is 2.88. The van der Waals surface area contributed by atoms with Gasteiger partial charge in [0, 0.05) is 16.7 Å². The third kappa shape index (κ3) is 1.68. The number of Topliss-reactive ketones (excluding diaryl/α,β-unsaturated/α-hetero) is 1. The number of hydrogen-bond acceptors (Lipinski definition) is 3. The maximum Gasteiger partial charge on any atom is 0.215 e. The summed E-state index contributed by atoms with van der Waals surface area (Å²) in [7, 11) is 0. The molecule has 0 radical (unpaired) electrons. The fraction of sp³-hybridized carbons (Fsp3) is 0.0769. The number of fused-ring (bicyclic) bond motifs is 2. The summed E-state index contributed by atoms with van der Waals surface area (Å²) < 4.78 is 5.47. The average molecular weight is 246 g/mol. The minimum Gasteiger partial charge on any atom is -0.463 e. The molecule has 0 saturated carbocycles. The van der Waals surface area contributed by atoms with E-state index in [2.05, 4.69) is 4.99 Å². The van der Waals surface area contributed by atoms with Gasteiger partial charge < -0.3 is 4.74 Å². The Morgan fingerprint density at radius 3 is 3.12 bits per heavy atom. The quantitative estimate of drug-likeness (QED) is 0.705. The largest absolute Gasteiger partial charge is 0.463 e. The van der Waals surface area contributed by atoms with Crippen LogP contribution in [0, 0.1) is 0 Å². The Bertz CT molecular complexity index is 599. The highest BCUT2D eigenvalue weighted by Gasteiger charge is 2.25. The van der Waals surface area contributed by atoms with Crippen molar-refractivity contribution >= 4 is 23.1 Å². The third-order valence-electron chi connectivity index (χ3n) is 2.64. The lowest BCUT2D eigenvalue weighted by atomic mass is 10.00. The Morgan fingerprint density at radius 2 is 2.24 bits per heavy atom. The molecule has 17 heavy (non-hydrogen) atoms. The summed E-state index contributed by atoms with van der Waals surface area (Å²) >= 11 is 5.87. The highest BCUT2D eigenvalue weighted by molar-refractivity contribution is 6.53. The number of aliphatic imine (C=N–C) groups is 1. The van der Waals surface area contributed by atoms with E-state index in [1.54, 1.807) is 18.2 Å². The summed E-state index contributed by atoms with van der Waals surface area (Å²) in [6.45, 7) is 0.529. The molecule has 0 saturated heterocycles. The molecule has 0 spiro atoms. The number of rotatable bonds is 0. The maximum absolute atomic E-state index is 12.3. The minimum atomic E-state index is -0.121. The molecule has 1 aromatic rings. The molecule has 1 aromatic carbocycles. The number of carbonyl (C=O) groups is 1. The van der Waals surface area contributed by atoms with Gasteiger partial charge in [-0.3, -0.25) is 9.79 Å². The van der Waals surface area contributed by atoms with Crippen LogP contribution < -0.4 is 4.74 Å². The van der Waals surface area contributed by atoms with E-state index < -0.39 is 0 Å². The van der Waals surface area contributed by atoms with Crippen LogP contribution in [0.5, 0.6) is 5.75 Å². The second kappa shape index (κ2) is 3.86. The van der Waals surface area contributed by atoms with E-state index >= 15 is 0 Å². The molecule has 0 aromatic heterocycles. The number of halogens is 1. The molecule has 0 N–H and O–H groups in total. The van der Waals surface area contributed by atoms with Gasteiger partial charge in [0.1, 0.15) is 17.7 Å². The molecule has 0 aliphatic carbocycles. The van der Waals surface area contributed by atoms with E-state index in [0.717, 1.165) is 0 Å². The first-order chi connectivity index (χ1) is 8.25. The summed E-state index contributed by atoms with van der Waals surface area (Å²) in [6, 6.07) is 4.97. The van der Waals surface area contributed by atoms with E-state index in [-0.39, 0.29) is 5.78 Å². The minimum absolute atomic E-state index is 0.121. The van der Waals surface area contributed by atoms with Crippen LogP contribution in [0.15, 0.2) is 47.2 Å². The Morgan fingerprint density at radius 1 is 1.35 bits per heavy atom. The van der Waals surface area contributed by atoms with Gasteiger partial charge in [0.25, 0.3) is 0 Å². The zero-order valence-electron chi connectivity index (χ0n) is 8.81. The Kier molecular flexibility index (Phi) is 2.34. The average Bonchev–Trinajstić information content (AvgIpc) is 2.48. The van der Waals surface area contributed by atoms with Gasteiger partial charge in [-0.1, -0.05) is 23.8 Å². The zero-order chi connectivity index (χ0) is 11.8. The van der Waals surface area contributed by atoms with Crippen LogP contribution in [0.4, 0.5) is 0 Å². The van der Waals surface area contributed by atoms with Crippen LogP contribution in [0.2, 0.25) is 5.02 Å². The summed E-state index contributed by atoms with van der Waals surface area (Å²) in [5.41, 5.74) is 1.65. The first-order valence-electron chi connectivity index (χ1n) is 5.18. The molecule has 4 heteroatoms. The molecule has 2 heterocycles. The van der Waals surface area contributed by atoms with Gasteiger partial charge in [-0.2, -0.15) is 0 Å². The lowest BCUT2D eigenvalue weighted by molar-refractivity contribution is 0.106. The van der Waals surface area contributed by atoms with Crippen LogP contribution in [0.3, 0.4) is 0 Å². The van der Waals surface area contributed by atoms with Crippen molar-refractivity contribution in [1.82, 2.24) is 0 Å². The molecular formula is C13H8ClNO2. The summed E-state index contributed by atoms with van der Waals surface area (Å²) in [5.74, 6) is 0.352. The van der Waals surface area contributed by atoms with Crippen molar-refractivity contribution in [3.63, 3.8) is 0 Å². The molecule has 84 valence electrons. The van der Waals surface area contributed by atoms with Crippen LogP contribution in [-0.2, 0) is 0 Å². The van der Waals surface area contributed by atoms with Crippen molar-refractivity contribution in [3.05, 3.63) is 52.8 Å². The number of hydrogen-bond donors (Lipinski definition) is 0. The monoisotopic (exact) mass is 245 g/mol. The SMILES string of the molecule is O=C1C2=NCC=CC2=COc2cc(Cl)ccc21. The van der Waals surface area contributed by atoms with E-state index in [0.29, 0.717) is 34.2 Å². The van der Waals surface area contributed by atoms with Gasteiger partial charge in [0.2, 0.25) is 5.78 Å². The molecule has 0 unspecified atom stereocenters. The number of carbonyl (C=O) groups excluding carboxylic acids is 1. The lowest BCUT2D eigenvalue weighted by Gasteiger charge is -2.07. The number of benzene rings is 1. The highest BCUT2D eigenvalue weighted by atomic mass is 35.5. The number of allylic oxidation sites excluding steroid dienone is 2. The topological polar surface area (TPSA) is 38.7 Å². The van der Waals surface area contributed by atoms with Gasteiger partial charge in [-0.15, -0.1) is 0 Å². The van der Waals surface area contributed by atoms with E-state index in [1.807, 2.05) is 12.2 Å². The fourth-order valence-electron chi connectivity index (χ4n) is 1.83. The molecule has 3 nitrogen and oxygen atoms in total. The first-order valence-corrected chi connectivity index (χ1v) is 5.56. The van der Waals surface area contributed by atoms with Crippen molar-refractivity contribution in [1.29, 1.82) is 0 Å². The van der Waals surface area contributed by atoms with Gasteiger partial charge in [-0.05, 0) is 12.1 Å². The maximum atomic E-state index is 12.3. The first kappa shape index (κ1) is 10.3. The Balaban J connectivity index is 2.17. The van der Waals surface area contributed by atoms with Crippen LogP contribution in [0.25, 0.3) is 0 Å². The van der Waals surface area contributed by atoms with Crippen LogP contribution >= 0.6 is 11.6 Å². The Hall–Kier alpha value is -1.87. The van der Waals surface area contributed by atoms with Crippen LogP contribution in [-0.4, -0.2) is 18.0 Å². The predicted octanol–water partition coefficient (Wildman–Crippen LogP) is 2.81. The van der Waals surface area contributed by atoms with E-state index in [1.165, 1.54) is 6.26 Å². The summed E-state index contributed by atoms with van der Waals surface area (Å²) in [6.07, 6.45) is 5.26. The molecule has 3 rings (SSSR count). The molecule has 2 aliphatic heterocycles. The summed E-state index contributed by atoms with van der Waals surface area (Å²) in [5, 5.41) is 0.539. The zero-order valence-corrected chi connectivity index (χ0v) is 9.57. The molecular weight excluding hydrogens is 238 g/mol. The molecule has 0 fully saturated rings. The van der Waals surface area contributed by atoms with Crippen molar-refractivity contribution in [2.24, 2.45) is 4.99 Å². The normalized spacial score (nSPS) is 17.4.